The van der Waals surface area contributed by atoms with E-state index in [2.05, 4.69) is 31.3 Å². The van der Waals surface area contributed by atoms with Gasteiger partial charge in [0.1, 0.15) is 77.6 Å². The van der Waals surface area contributed by atoms with Crippen molar-refractivity contribution in [2.45, 2.75) is 187 Å². The molecule has 18 N–H and O–H groups in total. The first kappa shape index (κ1) is 116. The van der Waals surface area contributed by atoms with E-state index >= 15 is 0 Å². The maximum atomic E-state index is 12.6. The highest BCUT2D eigenvalue weighted by atomic mass is 19.1. The topological polar surface area (TPSA) is 491 Å². The third-order valence-electron chi connectivity index (χ3n) is 9.83. The predicted molar refractivity (Wildman–Crippen MR) is 358 cm³/mol. The first-order valence-corrected chi connectivity index (χ1v) is 25.7. The van der Waals surface area contributed by atoms with E-state index in [1.165, 1.54) is 20.8 Å². The number of aliphatic hydroxyl groups excluding tert-OH is 4. The van der Waals surface area contributed by atoms with Crippen molar-refractivity contribution in [3.63, 3.8) is 0 Å². The quantitative estimate of drug-likeness (QED) is 0.00821. The molecule has 0 aliphatic rings. The number of amides is 4. The number of benzene rings is 2. The second-order valence-electron chi connectivity index (χ2n) is 17.0. The number of hydrogen-bond acceptors (Lipinski definition) is 19. The SMILES string of the molecule is C.C.C.C.C.C.C.C.CC(C(O)CF)[N+](=O)[O-].CC(N)C(O)CF.CC(NC(=O)[C@H](CCCN=C(N)N)NC(=O)OCc1ccccc1)C(=O)CF.CC(NC(=O)[C@H](CCCN=C(N)N)NC(=O)OCc1ccccc1)C(O)CF.CC[N+](=O)[O-].O=CCF.OCCF.[HH]. The second kappa shape index (κ2) is 76.4. The number of nitrogens with one attached hydrogen (secondary N) is 4. The lowest BCUT2D eigenvalue weighted by molar-refractivity contribution is -0.529. The molecule has 554 valence electrons. The highest BCUT2D eigenvalue weighted by Gasteiger charge is 2.27. The summed E-state index contributed by atoms with van der Waals surface area (Å²) in [4.78, 5) is 94.5. The van der Waals surface area contributed by atoms with Crippen molar-refractivity contribution in [2.75, 3.05) is 66.3 Å². The molecule has 7 unspecified atom stereocenters. The van der Waals surface area contributed by atoms with Crippen LogP contribution in [0.5, 0.6) is 0 Å². The van der Waals surface area contributed by atoms with Crippen molar-refractivity contribution in [3.8, 4) is 0 Å². The monoisotopic (exact) mass is 1370 g/mol. The molecule has 2 rings (SSSR count). The number of aldehydes is 1. The van der Waals surface area contributed by atoms with Gasteiger partial charge in [0.2, 0.25) is 24.4 Å². The van der Waals surface area contributed by atoms with Gasteiger partial charge in [0.05, 0.1) is 24.8 Å². The van der Waals surface area contributed by atoms with Crippen LogP contribution in [-0.4, -0.2) is 199 Å². The van der Waals surface area contributed by atoms with Crippen LogP contribution in [0.3, 0.4) is 0 Å². The molecule has 9 atom stereocenters. The Bertz CT molecular complexity index is 2160. The summed E-state index contributed by atoms with van der Waals surface area (Å²) in [5, 5.41) is 62.6. The zero-order chi connectivity index (χ0) is 66.3. The molecule has 0 aliphatic carbocycles. The number of ketones is 1. The molecule has 0 aromatic heterocycles. The van der Waals surface area contributed by atoms with Gasteiger partial charge in [-0.15, -0.1) is 0 Å². The van der Waals surface area contributed by atoms with Gasteiger partial charge in [0.25, 0.3) is 0 Å². The van der Waals surface area contributed by atoms with Crippen molar-refractivity contribution in [1.29, 1.82) is 0 Å². The molecule has 29 nitrogen and oxygen atoms in total. The Balaban J connectivity index is -0.0000000749. The van der Waals surface area contributed by atoms with E-state index in [0.717, 1.165) is 18.1 Å². The predicted octanol–water partition coefficient (Wildman–Crippen LogP) is 5.92. The van der Waals surface area contributed by atoms with Gasteiger partial charge < -0.3 is 84.6 Å². The number of halogens is 6. The highest BCUT2D eigenvalue weighted by molar-refractivity contribution is 5.92. The number of aliphatic imine (C=N–C) groups is 2. The Labute approximate surface area is 548 Å². The van der Waals surface area contributed by atoms with Crippen LogP contribution in [0.15, 0.2) is 70.6 Å². The van der Waals surface area contributed by atoms with E-state index in [4.69, 9.17) is 58.3 Å². The van der Waals surface area contributed by atoms with E-state index < -0.39 is 129 Å². The molecule has 2 aromatic carbocycles. The van der Waals surface area contributed by atoms with Crippen LogP contribution in [0, 0.1) is 20.2 Å². The lowest BCUT2D eigenvalue weighted by atomic mass is 10.1. The number of nitrogens with two attached hydrogens (primary N) is 5. The minimum atomic E-state index is -1.47. The molecule has 35 heteroatoms. The molecule has 0 heterocycles. The molecule has 4 amide bonds. The summed E-state index contributed by atoms with van der Waals surface area (Å²) in [6.07, 6.45) is -3.94. The fraction of sp³-hybridized carbons (Fsp3) is 0.655. The fourth-order valence-corrected chi connectivity index (χ4v) is 4.83. The average Bonchev–Trinajstić information content (AvgIpc) is 1.00. The van der Waals surface area contributed by atoms with Crippen LogP contribution >= 0.6 is 0 Å². The zero-order valence-electron chi connectivity index (χ0n) is 48.0. The van der Waals surface area contributed by atoms with Crippen LogP contribution in [0.25, 0.3) is 0 Å². The number of carbonyl (C=O) groups excluding carboxylic acids is 6. The number of ether oxygens (including phenoxy) is 2. The summed E-state index contributed by atoms with van der Waals surface area (Å²) in [6, 6.07) is 12.6. The first-order chi connectivity index (χ1) is 40.0. The van der Waals surface area contributed by atoms with Gasteiger partial charge in [-0.1, -0.05) is 120 Å². The Kier molecular flexibility index (Phi) is 95.1. The van der Waals surface area contributed by atoms with Gasteiger partial charge >= 0.3 is 12.2 Å². The Morgan fingerprint density at radius 1 is 0.624 bits per heavy atom. The largest absolute Gasteiger partial charge is 0.445 e. The number of carbonyl (C=O) groups is 6. The van der Waals surface area contributed by atoms with Gasteiger partial charge in [-0.2, -0.15) is 0 Å². The minimum Gasteiger partial charge on any atom is -0.445 e. The van der Waals surface area contributed by atoms with Gasteiger partial charge in [-0.25, -0.2) is 35.9 Å². The van der Waals surface area contributed by atoms with Gasteiger partial charge in [0, 0.05) is 44.3 Å². The average molecular weight is 1370 g/mol. The molecule has 0 radical (unpaired) electrons. The molecule has 0 fully saturated rings. The summed E-state index contributed by atoms with van der Waals surface area (Å²) < 4.78 is 78.8. The van der Waals surface area contributed by atoms with Crippen LogP contribution < -0.4 is 49.9 Å². The first-order valence-electron chi connectivity index (χ1n) is 25.7. The molecule has 0 saturated carbocycles. The van der Waals surface area contributed by atoms with Crippen LogP contribution in [0.4, 0.5) is 35.9 Å². The summed E-state index contributed by atoms with van der Waals surface area (Å²) >= 11 is 0. The molecule has 2 aromatic rings. The number of Topliss-reactive ketones (excluding diaryl/α,β-unsaturated/α-hetero) is 1. The maximum absolute atomic E-state index is 12.6. The molecule has 0 saturated heterocycles. The van der Waals surface area contributed by atoms with E-state index in [0.29, 0.717) is 12.8 Å². The van der Waals surface area contributed by atoms with Crippen LogP contribution in [0.1, 0.15) is 132 Å². The van der Waals surface area contributed by atoms with Crippen LogP contribution in [-0.2, 0) is 41.9 Å². The summed E-state index contributed by atoms with van der Waals surface area (Å²) in [6.45, 7) is 1.84. The Morgan fingerprint density at radius 3 is 1.19 bits per heavy atom. The standard InChI is InChI=1S/C18H28FN5O4.C18H26FN5O4.C4H8FNO3.C4H10FNO.C2H5FO.C2H3FO.C2H5NO2.8CH4.H2/c2*1-12(15(25)10-19)23-16(26)14(8-5-9-22-17(20)21)24-18(27)28-11-13-6-3-2-4-7-13;1-3(6(8)9)4(7)2-5;1-3(6)4(7)2-5;2*3-1-2-4;1-2-3(4)5;;;;;;;;;/h2-4,6-7,12,14-15,25H,5,8-11H2,1H3,(H,23,26)(H,24,27)(H4,20,21,22);2-4,6-7,12,14H,5,8-11H2,1H3,(H,23,26)(H,24,27)(H4,20,21,22);3-4,7H,2H2,1H3;3-4,7H,2,6H2,1H3;4H,1-2H2;2H,1H2;2H2,1H3;8*1H4;1H/t12?,14-,15?;12?,14-;;;;;;;;;;;;;;/m00............../s1. The van der Waals surface area contributed by atoms with Gasteiger partial charge in [0.15, 0.2) is 24.0 Å². The molecule has 0 bridgehead atoms. The van der Waals surface area contributed by atoms with Crippen molar-refractivity contribution in [1.82, 2.24) is 21.3 Å². The van der Waals surface area contributed by atoms with Crippen molar-refractivity contribution in [2.24, 2.45) is 38.7 Å². The maximum Gasteiger partial charge on any atom is 0.408 e. The molecule has 0 spiro atoms. The number of rotatable bonds is 30. The lowest BCUT2D eigenvalue weighted by Gasteiger charge is -2.23. The number of nitro groups is 2. The van der Waals surface area contributed by atoms with E-state index in [9.17, 15) is 75.7 Å². The second-order valence-corrected chi connectivity index (χ2v) is 17.0. The highest BCUT2D eigenvalue weighted by Crippen LogP contribution is 2.07. The number of alkyl carbamates (subject to hydrolysis) is 2. The zero-order valence-corrected chi connectivity index (χ0v) is 48.0. The van der Waals surface area contributed by atoms with E-state index in [1.54, 1.807) is 43.3 Å². The number of nitrogens with zero attached hydrogens (tertiary/aromatic N) is 4. The lowest BCUT2D eigenvalue weighted by Crippen LogP contribution is -2.52. The van der Waals surface area contributed by atoms with Gasteiger partial charge in [-0.05, 0) is 57.6 Å². The number of alkyl halides is 6. The van der Waals surface area contributed by atoms with Crippen molar-refractivity contribution in [3.05, 3.63) is 92.0 Å². The smallest absolute Gasteiger partial charge is 0.408 e. The number of guanidine groups is 2. The summed E-state index contributed by atoms with van der Waals surface area (Å²) in [5.41, 5.74) is 27.6. The normalized spacial score (nSPS) is 11.9. The number of hydrogen-bond donors (Lipinski definition) is 13. The molecular weight excluding hydrogens is 1250 g/mol. The Hall–Kier alpha value is -8.02. The fourth-order valence-electron chi connectivity index (χ4n) is 4.83. The third kappa shape index (κ3) is 72.9. The molecular formula is C58H119F6N13O16. The van der Waals surface area contributed by atoms with Crippen molar-refractivity contribution < 1.29 is 96.3 Å². The number of aliphatic hydroxyl groups is 4. The van der Waals surface area contributed by atoms with E-state index in [1.807, 2.05) is 24.3 Å². The molecule has 0 aliphatic heterocycles. The Morgan fingerprint density at radius 2 is 0.957 bits per heavy atom. The molecule has 93 heavy (non-hydrogen) atoms. The summed E-state index contributed by atoms with van der Waals surface area (Å²) in [7, 11) is 0. The van der Waals surface area contributed by atoms with E-state index in [-0.39, 0.29) is 136 Å². The van der Waals surface area contributed by atoms with Gasteiger partial charge in [-0.3, -0.25) is 44.6 Å². The summed E-state index contributed by atoms with van der Waals surface area (Å²) in [5.74, 6) is -2.12. The minimum absolute atomic E-state index is 0. The van der Waals surface area contributed by atoms with Crippen LogP contribution in [0.2, 0.25) is 0 Å². The third-order valence-corrected chi connectivity index (χ3v) is 9.83. The van der Waals surface area contributed by atoms with Crippen molar-refractivity contribution >= 4 is 48.0 Å².